The van der Waals surface area contributed by atoms with Gasteiger partial charge in [0.2, 0.25) is 0 Å². The Bertz CT molecular complexity index is 674. The smallest absolute Gasteiger partial charge is 0.407 e. The normalized spacial score (nSPS) is 12.4. The zero-order valence-electron chi connectivity index (χ0n) is 12.9. The van der Waals surface area contributed by atoms with Crippen LogP contribution in [0.15, 0.2) is 60.7 Å². The molecule has 0 bridgehead atoms. The van der Waals surface area contributed by atoms with E-state index in [1.54, 1.807) is 6.92 Å². The van der Waals surface area contributed by atoms with Gasteiger partial charge >= 0.3 is 6.09 Å². The van der Waals surface area contributed by atoms with Crippen molar-refractivity contribution in [1.29, 1.82) is 0 Å². The van der Waals surface area contributed by atoms with Gasteiger partial charge in [-0.05, 0) is 24.6 Å². The number of amides is 1. The van der Waals surface area contributed by atoms with Gasteiger partial charge in [0, 0.05) is 5.56 Å². The van der Waals surface area contributed by atoms with Crippen molar-refractivity contribution in [3.63, 3.8) is 0 Å². The van der Waals surface area contributed by atoms with Crippen LogP contribution in [0.5, 0.6) is 0 Å². The van der Waals surface area contributed by atoms with Crippen LogP contribution in [0.25, 0.3) is 0 Å². The fourth-order valence-electron chi connectivity index (χ4n) is 1.83. The standard InChI is InChI=1S/C19H19NO3/c1-15(18(21)13-12-16-8-4-2-5-9-16)20-19(22)23-14-17-10-6-3-7-11-17/h2-11,15,18,21H,14H2,1H3,(H,20,22). The van der Waals surface area contributed by atoms with E-state index >= 15 is 0 Å². The summed E-state index contributed by atoms with van der Waals surface area (Å²) in [6.07, 6.45) is -1.55. The monoisotopic (exact) mass is 309 g/mol. The van der Waals surface area contributed by atoms with Gasteiger partial charge in [-0.1, -0.05) is 60.4 Å². The quantitative estimate of drug-likeness (QED) is 0.854. The number of carbonyl (C=O) groups is 1. The molecule has 1 amide bonds. The maximum atomic E-state index is 11.7. The molecule has 0 spiro atoms. The van der Waals surface area contributed by atoms with Crippen LogP contribution in [0.1, 0.15) is 18.1 Å². The third-order valence-electron chi connectivity index (χ3n) is 3.17. The molecule has 0 fully saturated rings. The van der Waals surface area contributed by atoms with Gasteiger partial charge in [0.1, 0.15) is 12.7 Å². The average Bonchev–Trinajstić information content (AvgIpc) is 2.59. The highest BCUT2D eigenvalue weighted by Gasteiger charge is 2.15. The van der Waals surface area contributed by atoms with Gasteiger partial charge in [-0.2, -0.15) is 0 Å². The number of aliphatic hydroxyl groups is 1. The van der Waals surface area contributed by atoms with E-state index in [1.165, 1.54) is 0 Å². The Hall–Kier alpha value is -2.77. The van der Waals surface area contributed by atoms with Gasteiger partial charge < -0.3 is 15.2 Å². The predicted octanol–water partition coefficient (Wildman–Crippen LogP) is 2.71. The highest BCUT2D eigenvalue weighted by atomic mass is 16.5. The van der Waals surface area contributed by atoms with E-state index in [2.05, 4.69) is 17.2 Å². The minimum absolute atomic E-state index is 0.186. The molecule has 2 N–H and O–H groups in total. The van der Waals surface area contributed by atoms with Crippen molar-refractivity contribution in [2.45, 2.75) is 25.7 Å². The number of nitrogens with one attached hydrogen (secondary N) is 1. The SMILES string of the molecule is CC(NC(=O)OCc1ccccc1)C(O)C#Cc1ccccc1. The van der Waals surface area contributed by atoms with E-state index in [0.29, 0.717) is 0 Å². The molecule has 2 rings (SSSR count). The van der Waals surface area contributed by atoms with Crippen LogP contribution in [0.2, 0.25) is 0 Å². The second kappa shape index (κ2) is 8.62. The number of carbonyl (C=O) groups excluding carboxylic acids is 1. The highest BCUT2D eigenvalue weighted by Crippen LogP contribution is 2.01. The molecule has 0 aliphatic rings. The van der Waals surface area contributed by atoms with Gasteiger partial charge in [-0.25, -0.2) is 4.79 Å². The lowest BCUT2D eigenvalue weighted by Gasteiger charge is -2.15. The molecule has 0 saturated carbocycles. The Kier molecular flexibility index (Phi) is 6.22. The fraction of sp³-hybridized carbons (Fsp3) is 0.211. The van der Waals surface area contributed by atoms with Crippen molar-refractivity contribution < 1.29 is 14.6 Å². The lowest BCUT2D eigenvalue weighted by Crippen LogP contribution is -2.40. The highest BCUT2D eigenvalue weighted by molar-refractivity contribution is 5.67. The number of hydrogen-bond donors (Lipinski definition) is 2. The molecule has 0 aliphatic heterocycles. The van der Waals surface area contributed by atoms with Crippen LogP contribution in [0, 0.1) is 11.8 Å². The molecule has 2 aromatic rings. The summed E-state index contributed by atoms with van der Waals surface area (Å²) in [5, 5.41) is 12.5. The van der Waals surface area contributed by atoms with E-state index in [4.69, 9.17) is 4.74 Å². The Morgan fingerprint density at radius 3 is 2.39 bits per heavy atom. The first kappa shape index (κ1) is 16.6. The molecule has 23 heavy (non-hydrogen) atoms. The van der Waals surface area contributed by atoms with Crippen LogP contribution in [-0.4, -0.2) is 23.3 Å². The van der Waals surface area contributed by atoms with Crippen LogP contribution >= 0.6 is 0 Å². The number of aliphatic hydroxyl groups excluding tert-OH is 1. The van der Waals surface area contributed by atoms with Crippen LogP contribution in [0.4, 0.5) is 4.79 Å². The second-order valence-electron chi connectivity index (χ2n) is 5.07. The van der Waals surface area contributed by atoms with Crippen molar-refractivity contribution in [1.82, 2.24) is 5.32 Å². The Balaban J connectivity index is 1.80. The van der Waals surface area contributed by atoms with Crippen molar-refractivity contribution >= 4 is 6.09 Å². The first-order valence-corrected chi connectivity index (χ1v) is 7.37. The molecule has 0 radical (unpaired) electrons. The van der Waals surface area contributed by atoms with E-state index in [1.807, 2.05) is 60.7 Å². The minimum atomic E-state index is -0.973. The van der Waals surface area contributed by atoms with Gasteiger partial charge in [0.05, 0.1) is 6.04 Å². The van der Waals surface area contributed by atoms with Gasteiger partial charge in [0.15, 0.2) is 0 Å². The molecule has 0 aromatic heterocycles. The van der Waals surface area contributed by atoms with Gasteiger partial charge in [-0.3, -0.25) is 0 Å². The molecule has 118 valence electrons. The molecule has 0 heterocycles. The van der Waals surface area contributed by atoms with E-state index in [0.717, 1.165) is 11.1 Å². The van der Waals surface area contributed by atoms with E-state index in [9.17, 15) is 9.90 Å². The summed E-state index contributed by atoms with van der Waals surface area (Å²) in [6, 6.07) is 18.2. The summed E-state index contributed by atoms with van der Waals surface area (Å²) in [6.45, 7) is 1.86. The third-order valence-corrected chi connectivity index (χ3v) is 3.17. The molecular weight excluding hydrogens is 290 g/mol. The zero-order valence-corrected chi connectivity index (χ0v) is 12.9. The Morgan fingerprint density at radius 2 is 1.74 bits per heavy atom. The zero-order chi connectivity index (χ0) is 16.5. The maximum absolute atomic E-state index is 11.7. The average molecular weight is 309 g/mol. The minimum Gasteiger partial charge on any atom is -0.445 e. The van der Waals surface area contributed by atoms with Crippen molar-refractivity contribution in [3.8, 4) is 11.8 Å². The maximum Gasteiger partial charge on any atom is 0.407 e. The lowest BCUT2D eigenvalue weighted by molar-refractivity contribution is 0.123. The summed E-state index contributed by atoms with van der Waals surface area (Å²) in [4.78, 5) is 11.7. The number of benzene rings is 2. The summed E-state index contributed by atoms with van der Waals surface area (Å²) in [5.74, 6) is 5.58. The lowest BCUT2D eigenvalue weighted by atomic mass is 10.1. The molecule has 0 saturated heterocycles. The predicted molar refractivity (Wildman–Crippen MR) is 88.6 cm³/mol. The topological polar surface area (TPSA) is 58.6 Å². The molecule has 0 aliphatic carbocycles. The summed E-state index contributed by atoms with van der Waals surface area (Å²) in [5.41, 5.74) is 1.71. The molecule has 2 unspecified atom stereocenters. The van der Waals surface area contributed by atoms with Crippen LogP contribution in [-0.2, 0) is 11.3 Å². The molecule has 4 heteroatoms. The summed E-state index contributed by atoms with van der Waals surface area (Å²) >= 11 is 0. The van der Waals surface area contributed by atoms with Crippen molar-refractivity contribution in [2.24, 2.45) is 0 Å². The van der Waals surface area contributed by atoms with Crippen LogP contribution in [0.3, 0.4) is 0 Å². The Labute approximate surface area is 136 Å². The first-order chi connectivity index (χ1) is 11.1. The third kappa shape index (κ3) is 5.85. The second-order valence-corrected chi connectivity index (χ2v) is 5.07. The van der Waals surface area contributed by atoms with E-state index < -0.39 is 18.2 Å². The molecule has 2 atom stereocenters. The number of alkyl carbamates (subject to hydrolysis) is 1. The fourth-order valence-corrected chi connectivity index (χ4v) is 1.83. The van der Waals surface area contributed by atoms with E-state index in [-0.39, 0.29) is 6.61 Å². The van der Waals surface area contributed by atoms with Crippen molar-refractivity contribution in [2.75, 3.05) is 0 Å². The van der Waals surface area contributed by atoms with Gasteiger partial charge in [0.25, 0.3) is 0 Å². The van der Waals surface area contributed by atoms with Crippen molar-refractivity contribution in [3.05, 3.63) is 71.8 Å². The number of ether oxygens (including phenoxy) is 1. The van der Waals surface area contributed by atoms with Gasteiger partial charge in [-0.15, -0.1) is 0 Å². The Morgan fingerprint density at radius 1 is 1.13 bits per heavy atom. The summed E-state index contributed by atoms with van der Waals surface area (Å²) in [7, 11) is 0. The number of rotatable bonds is 4. The first-order valence-electron chi connectivity index (χ1n) is 7.37. The summed E-state index contributed by atoms with van der Waals surface area (Å²) < 4.78 is 5.10. The molecule has 2 aromatic carbocycles. The van der Waals surface area contributed by atoms with Crippen LogP contribution < -0.4 is 5.32 Å². The molecule has 4 nitrogen and oxygen atoms in total. The molecular formula is C19H19NO3. The number of hydrogen-bond acceptors (Lipinski definition) is 3. The largest absolute Gasteiger partial charge is 0.445 e.